The summed E-state index contributed by atoms with van der Waals surface area (Å²) in [6.07, 6.45) is 1.50. The molecule has 0 N–H and O–H groups in total. The summed E-state index contributed by atoms with van der Waals surface area (Å²) in [7, 11) is 0. The number of nitrogens with zero attached hydrogens (tertiary/aromatic N) is 1. The summed E-state index contributed by atoms with van der Waals surface area (Å²) < 4.78 is 13.1. The Morgan fingerprint density at radius 2 is 1.79 bits per heavy atom. The topological polar surface area (TPSA) is 12.4 Å². The lowest BCUT2D eigenvalue weighted by atomic mass is 10.0. The highest BCUT2D eigenvalue weighted by molar-refractivity contribution is 7.78. The predicted octanol–water partition coefficient (Wildman–Crippen LogP) is 3.68. The predicted molar refractivity (Wildman–Crippen MR) is 59.8 cm³/mol. The second-order valence-electron chi connectivity index (χ2n) is 2.98. The van der Waals surface area contributed by atoms with Crippen LogP contribution in [-0.2, 0) is 12.8 Å². The molecular formula is C11H12FNS. The van der Waals surface area contributed by atoms with Gasteiger partial charge in [0.2, 0.25) is 0 Å². The van der Waals surface area contributed by atoms with Gasteiger partial charge in [-0.15, -0.1) is 0 Å². The van der Waals surface area contributed by atoms with E-state index in [4.69, 9.17) is 0 Å². The Hall–Kier alpha value is -1.05. The zero-order chi connectivity index (χ0) is 10.6. The molecule has 1 aromatic carbocycles. The van der Waals surface area contributed by atoms with Gasteiger partial charge in [0.25, 0.3) is 0 Å². The van der Waals surface area contributed by atoms with Crippen molar-refractivity contribution in [3.8, 4) is 0 Å². The van der Waals surface area contributed by atoms with E-state index in [9.17, 15) is 4.39 Å². The molecule has 74 valence electrons. The minimum atomic E-state index is -0.206. The van der Waals surface area contributed by atoms with Gasteiger partial charge in [0, 0.05) is 0 Å². The Bertz CT molecular complexity index is 356. The van der Waals surface area contributed by atoms with Gasteiger partial charge in [-0.05, 0) is 48.3 Å². The summed E-state index contributed by atoms with van der Waals surface area (Å²) in [5, 5.41) is 2.34. The fourth-order valence-electron chi connectivity index (χ4n) is 1.45. The first-order valence-electron chi connectivity index (χ1n) is 4.62. The minimum Gasteiger partial charge on any atom is -0.207 e. The molecule has 0 saturated heterocycles. The summed E-state index contributed by atoms with van der Waals surface area (Å²) in [4.78, 5) is 3.99. The third-order valence-electron chi connectivity index (χ3n) is 2.15. The van der Waals surface area contributed by atoms with E-state index in [1.165, 1.54) is 12.1 Å². The average Bonchev–Trinajstić information content (AvgIpc) is 2.20. The van der Waals surface area contributed by atoms with Crippen LogP contribution in [0.25, 0.3) is 0 Å². The molecule has 3 heteroatoms. The summed E-state index contributed by atoms with van der Waals surface area (Å²) in [5.74, 6) is -0.206. The molecule has 1 rings (SSSR count). The first-order chi connectivity index (χ1) is 6.72. The van der Waals surface area contributed by atoms with Crippen LogP contribution in [0.15, 0.2) is 17.1 Å². The van der Waals surface area contributed by atoms with E-state index in [-0.39, 0.29) is 5.82 Å². The lowest BCUT2D eigenvalue weighted by Gasteiger charge is -2.07. The van der Waals surface area contributed by atoms with Gasteiger partial charge in [-0.25, -0.2) is 4.39 Å². The highest BCUT2D eigenvalue weighted by atomic mass is 32.1. The molecular weight excluding hydrogens is 197 g/mol. The van der Waals surface area contributed by atoms with E-state index >= 15 is 0 Å². The average molecular weight is 209 g/mol. The third kappa shape index (κ3) is 2.25. The second-order valence-corrected chi connectivity index (χ2v) is 3.17. The first-order valence-corrected chi connectivity index (χ1v) is 5.02. The van der Waals surface area contributed by atoms with Crippen LogP contribution in [0, 0.1) is 5.82 Å². The van der Waals surface area contributed by atoms with Crippen molar-refractivity contribution in [2.75, 3.05) is 0 Å². The SMILES string of the molecule is CCc1cc(F)cc(CC)c1N=C=S. The molecule has 0 aliphatic carbocycles. The number of halogens is 1. The zero-order valence-corrected chi connectivity index (χ0v) is 9.12. The van der Waals surface area contributed by atoms with Crippen LogP contribution in [0.3, 0.4) is 0 Å². The number of isothiocyanates is 1. The molecule has 0 amide bonds. The van der Waals surface area contributed by atoms with E-state index in [0.29, 0.717) is 0 Å². The summed E-state index contributed by atoms with van der Waals surface area (Å²) >= 11 is 4.57. The molecule has 0 fully saturated rings. The molecule has 0 atom stereocenters. The van der Waals surface area contributed by atoms with E-state index < -0.39 is 0 Å². The quantitative estimate of drug-likeness (QED) is 0.546. The van der Waals surface area contributed by atoms with E-state index in [1.54, 1.807) is 0 Å². The molecule has 0 aliphatic heterocycles. The molecule has 0 bridgehead atoms. The van der Waals surface area contributed by atoms with Crippen LogP contribution < -0.4 is 0 Å². The molecule has 1 nitrogen and oxygen atoms in total. The fourth-order valence-corrected chi connectivity index (χ4v) is 1.54. The normalized spacial score (nSPS) is 9.64. The van der Waals surface area contributed by atoms with Crippen LogP contribution in [0.2, 0.25) is 0 Å². The highest BCUT2D eigenvalue weighted by Crippen LogP contribution is 2.26. The number of hydrogen-bond donors (Lipinski definition) is 0. The number of thiocarbonyl (C=S) groups is 1. The maximum Gasteiger partial charge on any atom is 0.123 e. The van der Waals surface area contributed by atoms with E-state index in [2.05, 4.69) is 22.4 Å². The number of rotatable bonds is 3. The molecule has 1 aromatic rings. The third-order valence-corrected chi connectivity index (χ3v) is 2.24. The Kier molecular flexibility index (Phi) is 3.93. The van der Waals surface area contributed by atoms with Crippen LogP contribution >= 0.6 is 12.2 Å². The number of hydrogen-bond acceptors (Lipinski definition) is 2. The molecule has 0 heterocycles. The molecule has 14 heavy (non-hydrogen) atoms. The molecule has 0 aromatic heterocycles. The van der Waals surface area contributed by atoms with Gasteiger partial charge in [-0.1, -0.05) is 13.8 Å². The monoisotopic (exact) mass is 209 g/mol. The van der Waals surface area contributed by atoms with Crippen LogP contribution in [0.4, 0.5) is 10.1 Å². The Morgan fingerprint density at radius 1 is 1.29 bits per heavy atom. The van der Waals surface area contributed by atoms with Gasteiger partial charge in [0.1, 0.15) is 5.82 Å². The Balaban J connectivity index is 3.39. The maximum atomic E-state index is 13.1. The number of benzene rings is 1. The van der Waals surface area contributed by atoms with Crippen molar-refractivity contribution in [1.82, 2.24) is 0 Å². The van der Waals surface area contributed by atoms with Crippen molar-refractivity contribution in [3.05, 3.63) is 29.1 Å². The van der Waals surface area contributed by atoms with Gasteiger partial charge in [0.05, 0.1) is 10.8 Å². The lowest BCUT2D eigenvalue weighted by Crippen LogP contribution is -1.91. The number of aliphatic imine (C=N–C) groups is 1. The van der Waals surface area contributed by atoms with Crippen LogP contribution in [0.5, 0.6) is 0 Å². The Morgan fingerprint density at radius 3 is 2.14 bits per heavy atom. The largest absolute Gasteiger partial charge is 0.207 e. The van der Waals surface area contributed by atoms with Crippen molar-refractivity contribution in [3.63, 3.8) is 0 Å². The lowest BCUT2D eigenvalue weighted by molar-refractivity contribution is 0.623. The standard InChI is InChI=1S/C11H12FNS/c1-3-8-5-10(12)6-9(4-2)11(8)13-7-14/h5-6H,3-4H2,1-2H3. The van der Waals surface area contributed by atoms with Gasteiger partial charge in [-0.2, -0.15) is 4.99 Å². The van der Waals surface area contributed by atoms with Gasteiger partial charge in [-0.3, -0.25) is 0 Å². The fraction of sp³-hybridized carbons (Fsp3) is 0.364. The van der Waals surface area contributed by atoms with Crippen molar-refractivity contribution < 1.29 is 4.39 Å². The number of aryl methyl sites for hydroxylation is 2. The summed E-state index contributed by atoms with van der Waals surface area (Å²) in [6.45, 7) is 3.94. The maximum absolute atomic E-state index is 13.1. The Labute approximate surface area is 88.7 Å². The van der Waals surface area contributed by atoms with E-state index in [0.717, 1.165) is 29.7 Å². The van der Waals surface area contributed by atoms with Crippen LogP contribution in [-0.4, -0.2) is 5.16 Å². The molecule has 0 saturated carbocycles. The van der Waals surface area contributed by atoms with Crippen molar-refractivity contribution >= 4 is 23.1 Å². The minimum absolute atomic E-state index is 0.206. The van der Waals surface area contributed by atoms with Crippen molar-refractivity contribution in [2.45, 2.75) is 26.7 Å². The zero-order valence-electron chi connectivity index (χ0n) is 8.30. The van der Waals surface area contributed by atoms with E-state index in [1.807, 2.05) is 13.8 Å². The van der Waals surface area contributed by atoms with Crippen LogP contribution in [0.1, 0.15) is 25.0 Å². The van der Waals surface area contributed by atoms with Crippen molar-refractivity contribution in [2.24, 2.45) is 4.99 Å². The molecule has 0 unspecified atom stereocenters. The van der Waals surface area contributed by atoms with Crippen molar-refractivity contribution in [1.29, 1.82) is 0 Å². The molecule has 0 spiro atoms. The van der Waals surface area contributed by atoms with Gasteiger partial charge >= 0.3 is 0 Å². The molecule has 0 aliphatic rings. The molecule has 0 radical (unpaired) electrons. The smallest absolute Gasteiger partial charge is 0.123 e. The first kappa shape index (κ1) is 11.0. The second kappa shape index (κ2) is 4.99. The van der Waals surface area contributed by atoms with Gasteiger partial charge < -0.3 is 0 Å². The van der Waals surface area contributed by atoms with Gasteiger partial charge in [0.15, 0.2) is 0 Å². The highest BCUT2D eigenvalue weighted by Gasteiger charge is 2.07. The summed E-state index contributed by atoms with van der Waals surface area (Å²) in [5.41, 5.74) is 2.56. The summed E-state index contributed by atoms with van der Waals surface area (Å²) in [6, 6.07) is 3.01.